The highest BCUT2D eigenvalue weighted by Gasteiger charge is 2.36. The number of carbonyl (C=O) groups excluding carboxylic acids is 2. The number of piperidine rings is 1. The molecule has 3 aliphatic rings. The Balaban J connectivity index is 1.06. The van der Waals surface area contributed by atoms with E-state index in [0.717, 1.165) is 50.2 Å². The SMILES string of the molecule is O=C(Nc1ccc(CN2CCC3CCCC3C2)c(C(F)(F)F)c1)c1cccc2cc(Oc3ccnc(NC(=O)C4CC4)c3)ccc12. The lowest BCUT2D eigenvalue weighted by Gasteiger charge is -2.35. The highest BCUT2D eigenvalue weighted by atomic mass is 19.4. The quantitative estimate of drug-likeness (QED) is 0.205. The van der Waals surface area contributed by atoms with E-state index in [9.17, 15) is 22.8 Å². The van der Waals surface area contributed by atoms with Gasteiger partial charge in [0.05, 0.1) is 5.56 Å². The average molecular weight is 629 g/mol. The van der Waals surface area contributed by atoms with Crippen molar-refractivity contribution in [2.45, 2.75) is 51.2 Å². The second-order valence-electron chi connectivity index (χ2n) is 12.7. The molecule has 2 unspecified atom stereocenters. The van der Waals surface area contributed by atoms with Crippen LogP contribution in [0, 0.1) is 17.8 Å². The highest BCUT2D eigenvalue weighted by molar-refractivity contribution is 6.13. The molecule has 3 fully saturated rings. The standard InChI is InChI=1S/C36H35F3N4O3/c37-36(38,39)32-18-27(10-9-26(32)21-43-16-14-22-3-1-5-25(22)20-43)41-35(45)31-6-2-4-24-17-28(11-12-30(24)31)46-29-13-15-40-33(19-29)42-34(44)23-7-8-23/h2,4,6,9-13,15,17-19,22-23,25H,1,3,5,7-8,14,16,20-21H2,(H,41,45)(H,40,42,44). The summed E-state index contributed by atoms with van der Waals surface area (Å²) < 4.78 is 48.6. The summed E-state index contributed by atoms with van der Waals surface area (Å²) in [6.45, 7) is 1.90. The van der Waals surface area contributed by atoms with Crippen LogP contribution in [0.3, 0.4) is 0 Å². The van der Waals surface area contributed by atoms with Gasteiger partial charge in [-0.2, -0.15) is 13.2 Å². The molecular weight excluding hydrogens is 593 g/mol. The third-order valence-electron chi connectivity index (χ3n) is 9.46. The maximum absolute atomic E-state index is 14.2. The van der Waals surface area contributed by atoms with E-state index in [4.69, 9.17) is 4.74 Å². The first-order valence-electron chi connectivity index (χ1n) is 15.9. The first-order valence-corrected chi connectivity index (χ1v) is 15.9. The molecule has 2 atom stereocenters. The lowest BCUT2D eigenvalue weighted by Crippen LogP contribution is -2.38. The van der Waals surface area contributed by atoms with Crippen LogP contribution in [0.4, 0.5) is 24.7 Å². The summed E-state index contributed by atoms with van der Waals surface area (Å²) in [4.78, 5) is 31.8. The predicted molar refractivity (Wildman–Crippen MR) is 170 cm³/mol. The van der Waals surface area contributed by atoms with Gasteiger partial charge in [0.15, 0.2) is 0 Å². The smallest absolute Gasteiger partial charge is 0.416 e. The van der Waals surface area contributed by atoms with E-state index in [0.29, 0.717) is 40.1 Å². The summed E-state index contributed by atoms with van der Waals surface area (Å²) in [6.07, 6.45) is 3.44. The van der Waals surface area contributed by atoms with Crippen molar-refractivity contribution in [3.8, 4) is 11.5 Å². The number of anilines is 2. The minimum absolute atomic E-state index is 0.0495. The number of nitrogens with zero attached hydrogens (tertiary/aromatic N) is 2. The monoisotopic (exact) mass is 628 g/mol. The first-order chi connectivity index (χ1) is 22.2. The number of alkyl halides is 3. The molecule has 10 heteroatoms. The largest absolute Gasteiger partial charge is 0.457 e. The lowest BCUT2D eigenvalue weighted by molar-refractivity contribution is -0.138. The number of carbonyl (C=O) groups is 2. The van der Waals surface area contributed by atoms with Crippen molar-refractivity contribution >= 4 is 34.1 Å². The van der Waals surface area contributed by atoms with E-state index in [1.165, 1.54) is 18.9 Å². The van der Waals surface area contributed by atoms with Crippen LogP contribution in [-0.2, 0) is 17.5 Å². The number of nitrogens with one attached hydrogen (secondary N) is 2. The van der Waals surface area contributed by atoms with Crippen LogP contribution in [0.1, 0.15) is 60.0 Å². The van der Waals surface area contributed by atoms with Crippen LogP contribution in [0.15, 0.2) is 72.9 Å². The summed E-state index contributed by atoms with van der Waals surface area (Å²) in [5, 5.41) is 6.84. The van der Waals surface area contributed by atoms with Gasteiger partial charge in [-0.15, -0.1) is 0 Å². The molecule has 1 aromatic heterocycles. The Hall–Kier alpha value is -4.44. The van der Waals surface area contributed by atoms with Gasteiger partial charge in [0.1, 0.15) is 17.3 Å². The summed E-state index contributed by atoms with van der Waals surface area (Å²) in [7, 11) is 0. The van der Waals surface area contributed by atoms with Crippen molar-refractivity contribution in [3.63, 3.8) is 0 Å². The molecule has 0 radical (unpaired) electrons. The van der Waals surface area contributed by atoms with Gasteiger partial charge in [0, 0.05) is 42.5 Å². The van der Waals surface area contributed by atoms with Crippen LogP contribution in [0.5, 0.6) is 11.5 Å². The number of ether oxygens (including phenoxy) is 1. The number of benzene rings is 3. The predicted octanol–water partition coefficient (Wildman–Crippen LogP) is 8.27. The fourth-order valence-corrected chi connectivity index (χ4v) is 6.92. The van der Waals surface area contributed by atoms with Crippen molar-refractivity contribution in [1.29, 1.82) is 0 Å². The van der Waals surface area contributed by atoms with Crippen molar-refractivity contribution in [3.05, 3.63) is 89.6 Å². The van der Waals surface area contributed by atoms with E-state index in [1.54, 1.807) is 54.7 Å². The van der Waals surface area contributed by atoms with E-state index >= 15 is 0 Å². The number of pyridine rings is 1. The zero-order chi connectivity index (χ0) is 31.8. The Morgan fingerprint density at radius 2 is 1.72 bits per heavy atom. The molecule has 2 aliphatic carbocycles. The van der Waals surface area contributed by atoms with Gasteiger partial charge in [-0.3, -0.25) is 14.5 Å². The Morgan fingerprint density at radius 1 is 0.891 bits per heavy atom. The van der Waals surface area contributed by atoms with Crippen LogP contribution in [-0.4, -0.2) is 34.8 Å². The number of rotatable bonds is 8. The number of likely N-dealkylation sites (tertiary alicyclic amines) is 1. The number of amides is 2. The van der Waals surface area contributed by atoms with Crippen LogP contribution < -0.4 is 15.4 Å². The Labute approximate surface area is 265 Å². The number of hydrogen-bond donors (Lipinski definition) is 2. The Kier molecular flexibility index (Phi) is 8.15. The average Bonchev–Trinajstić information content (AvgIpc) is 3.79. The number of fused-ring (bicyclic) bond motifs is 2. The summed E-state index contributed by atoms with van der Waals surface area (Å²) in [6, 6.07) is 17.8. The topological polar surface area (TPSA) is 83.6 Å². The maximum atomic E-state index is 14.2. The van der Waals surface area contributed by atoms with Gasteiger partial charge in [-0.05, 0) is 103 Å². The van der Waals surface area contributed by atoms with Crippen LogP contribution in [0.2, 0.25) is 0 Å². The molecule has 3 aromatic carbocycles. The molecule has 46 heavy (non-hydrogen) atoms. The second kappa shape index (κ2) is 12.4. The van der Waals surface area contributed by atoms with Gasteiger partial charge in [0.2, 0.25) is 5.91 Å². The molecule has 2 saturated carbocycles. The summed E-state index contributed by atoms with van der Waals surface area (Å²) >= 11 is 0. The van der Waals surface area contributed by atoms with Gasteiger partial charge in [0.25, 0.3) is 5.91 Å². The zero-order valence-corrected chi connectivity index (χ0v) is 25.3. The third-order valence-corrected chi connectivity index (χ3v) is 9.46. The van der Waals surface area contributed by atoms with E-state index < -0.39 is 17.6 Å². The van der Waals surface area contributed by atoms with E-state index in [-0.39, 0.29) is 29.6 Å². The van der Waals surface area contributed by atoms with Crippen molar-refractivity contribution in [2.24, 2.45) is 17.8 Å². The first kappa shape index (κ1) is 30.2. The molecule has 2 heterocycles. The number of aromatic nitrogens is 1. The molecule has 2 N–H and O–H groups in total. The number of halogens is 3. The zero-order valence-electron chi connectivity index (χ0n) is 25.3. The van der Waals surface area contributed by atoms with Gasteiger partial charge >= 0.3 is 6.18 Å². The normalized spacial score (nSPS) is 19.9. The summed E-state index contributed by atoms with van der Waals surface area (Å²) in [5.74, 6) is 2.20. The maximum Gasteiger partial charge on any atom is 0.416 e. The molecule has 0 bridgehead atoms. The molecule has 7 nitrogen and oxygen atoms in total. The third kappa shape index (κ3) is 6.72. The molecule has 238 valence electrons. The van der Waals surface area contributed by atoms with Gasteiger partial charge < -0.3 is 15.4 Å². The molecular formula is C36H35F3N4O3. The van der Waals surface area contributed by atoms with Crippen molar-refractivity contribution < 1.29 is 27.5 Å². The Morgan fingerprint density at radius 3 is 2.54 bits per heavy atom. The van der Waals surface area contributed by atoms with Crippen molar-refractivity contribution in [1.82, 2.24) is 9.88 Å². The molecule has 1 saturated heterocycles. The van der Waals surface area contributed by atoms with E-state index in [1.807, 2.05) is 6.07 Å². The van der Waals surface area contributed by atoms with Crippen LogP contribution in [0.25, 0.3) is 10.8 Å². The molecule has 0 spiro atoms. The lowest BCUT2D eigenvalue weighted by atomic mass is 9.88. The fourth-order valence-electron chi connectivity index (χ4n) is 6.92. The second-order valence-corrected chi connectivity index (χ2v) is 12.7. The fraction of sp³-hybridized carbons (Fsp3) is 0.361. The summed E-state index contributed by atoms with van der Waals surface area (Å²) in [5.41, 5.74) is -0.0684. The minimum Gasteiger partial charge on any atom is -0.457 e. The molecule has 7 rings (SSSR count). The Bertz CT molecular complexity index is 1790. The molecule has 2 amide bonds. The van der Waals surface area contributed by atoms with Gasteiger partial charge in [-0.25, -0.2) is 4.98 Å². The molecule has 1 aliphatic heterocycles. The highest BCUT2D eigenvalue weighted by Crippen LogP contribution is 2.40. The van der Waals surface area contributed by atoms with Gasteiger partial charge in [-0.1, -0.05) is 31.0 Å². The molecule has 4 aromatic rings. The number of hydrogen-bond acceptors (Lipinski definition) is 5. The van der Waals surface area contributed by atoms with E-state index in [2.05, 4.69) is 20.5 Å². The van der Waals surface area contributed by atoms with Crippen LogP contribution >= 0.6 is 0 Å². The minimum atomic E-state index is -4.55. The van der Waals surface area contributed by atoms with Crippen molar-refractivity contribution in [2.75, 3.05) is 23.7 Å².